The van der Waals surface area contributed by atoms with Gasteiger partial charge in [-0.05, 0) is 67.6 Å². The molecule has 0 spiro atoms. The van der Waals surface area contributed by atoms with Gasteiger partial charge in [-0.3, -0.25) is 14.3 Å². The van der Waals surface area contributed by atoms with Crippen molar-refractivity contribution in [3.63, 3.8) is 0 Å². The maximum Gasteiger partial charge on any atom is 0.340 e. The van der Waals surface area contributed by atoms with Crippen LogP contribution in [0.15, 0.2) is 85.1 Å². The van der Waals surface area contributed by atoms with E-state index in [4.69, 9.17) is 4.74 Å². The van der Waals surface area contributed by atoms with Gasteiger partial charge in [-0.1, -0.05) is 60.7 Å². The summed E-state index contributed by atoms with van der Waals surface area (Å²) in [5, 5.41) is 0.708. The number of rotatable bonds is 6. The van der Waals surface area contributed by atoms with Gasteiger partial charge in [0, 0.05) is 23.7 Å². The number of benzene rings is 3. The molecule has 0 atom stereocenters. The first kappa shape index (κ1) is 23.1. The molecule has 0 unspecified atom stereocenters. The molecular weight excluding hydrogens is 436 g/mol. The van der Waals surface area contributed by atoms with Crippen molar-refractivity contribution in [2.75, 3.05) is 20.2 Å². The average Bonchev–Trinajstić information content (AvgIpc) is 3.30. The molecule has 178 valence electrons. The van der Waals surface area contributed by atoms with E-state index in [9.17, 15) is 9.59 Å². The monoisotopic (exact) mass is 466 g/mol. The third-order valence-corrected chi connectivity index (χ3v) is 7.02. The zero-order valence-corrected chi connectivity index (χ0v) is 20.0. The largest absolute Gasteiger partial charge is 0.465 e. The summed E-state index contributed by atoms with van der Waals surface area (Å²) in [7, 11) is 1.35. The minimum atomic E-state index is -0.448. The molecule has 0 aliphatic carbocycles. The van der Waals surface area contributed by atoms with Crippen molar-refractivity contribution in [3.8, 4) is 0 Å². The molecular formula is C30H30N2O3. The molecule has 2 heterocycles. The normalized spacial score (nSPS) is 14.8. The standard InChI is InChI=1S/C30H30N2O3/c1-35-30(34)27-21-32(28-10-6-5-9-26(27)28)29(33)25-13-11-24(12-14-25)20-31-17-15-23(16-18-31)19-22-7-3-2-4-8-22/h2-14,21,23H,15-20H2,1H3. The van der Waals surface area contributed by atoms with Crippen LogP contribution >= 0.6 is 0 Å². The van der Waals surface area contributed by atoms with Crippen molar-refractivity contribution in [3.05, 3.63) is 107 Å². The van der Waals surface area contributed by atoms with E-state index in [0.717, 1.165) is 32.0 Å². The fourth-order valence-corrected chi connectivity index (χ4v) is 5.07. The van der Waals surface area contributed by atoms with Crippen LogP contribution in [0.25, 0.3) is 10.9 Å². The van der Waals surface area contributed by atoms with Crippen LogP contribution in [0.4, 0.5) is 0 Å². The van der Waals surface area contributed by atoms with Crippen LogP contribution in [0.2, 0.25) is 0 Å². The van der Waals surface area contributed by atoms with Gasteiger partial charge in [0.15, 0.2) is 0 Å². The number of esters is 1. The van der Waals surface area contributed by atoms with Crippen molar-refractivity contribution < 1.29 is 14.3 Å². The molecule has 5 rings (SSSR count). The minimum absolute atomic E-state index is 0.162. The SMILES string of the molecule is COC(=O)c1cn(C(=O)c2ccc(CN3CCC(Cc4ccccc4)CC3)cc2)c2ccccc12. The summed E-state index contributed by atoms with van der Waals surface area (Å²) in [6, 6.07) is 26.0. The number of fused-ring (bicyclic) bond motifs is 1. The molecule has 35 heavy (non-hydrogen) atoms. The van der Waals surface area contributed by atoms with Crippen molar-refractivity contribution in [1.29, 1.82) is 0 Å². The van der Waals surface area contributed by atoms with Crippen molar-refractivity contribution in [2.45, 2.75) is 25.8 Å². The van der Waals surface area contributed by atoms with Crippen molar-refractivity contribution in [2.24, 2.45) is 5.92 Å². The topological polar surface area (TPSA) is 51.5 Å². The Hall–Kier alpha value is -3.70. The Morgan fingerprint density at radius 3 is 2.26 bits per heavy atom. The summed E-state index contributed by atoms with van der Waals surface area (Å²) in [5.74, 6) is 0.139. The second kappa shape index (κ2) is 10.3. The van der Waals surface area contributed by atoms with Gasteiger partial charge in [0.1, 0.15) is 0 Å². The summed E-state index contributed by atoms with van der Waals surface area (Å²) < 4.78 is 6.43. The number of likely N-dealkylation sites (tertiary alicyclic amines) is 1. The highest BCUT2D eigenvalue weighted by Gasteiger charge is 2.21. The van der Waals surface area contributed by atoms with Crippen LogP contribution < -0.4 is 0 Å². The second-order valence-corrected chi connectivity index (χ2v) is 9.33. The Balaban J connectivity index is 1.23. The smallest absolute Gasteiger partial charge is 0.340 e. The molecule has 1 saturated heterocycles. The number of hydrogen-bond acceptors (Lipinski definition) is 4. The fourth-order valence-electron chi connectivity index (χ4n) is 5.07. The predicted molar refractivity (Wildman–Crippen MR) is 138 cm³/mol. The van der Waals surface area contributed by atoms with Gasteiger partial charge in [-0.2, -0.15) is 0 Å². The van der Waals surface area contributed by atoms with E-state index in [1.807, 2.05) is 48.5 Å². The average molecular weight is 467 g/mol. The number of methoxy groups -OCH3 is 1. The van der Waals surface area contributed by atoms with Crippen molar-refractivity contribution >= 4 is 22.8 Å². The van der Waals surface area contributed by atoms with E-state index < -0.39 is 5.97 Å². The Bertz CT molecular complexity index is 1320. The molecule has 1 aliphatic heterocycles. The number of para-hydroxylation sites is 1. The highest BCUT2D eigenvalue weighted by atomic mass is 16.5. The molecule has 5 nitrogen and oxygen atoms in total. The third-order valence-electron chi connectivity index (χ3n) is 7.02. The van der Waals surface area contributed by atoms with Gasteiger partial charge in [-0.25, -0.2) is 4.79 Å². The van der Waals surface area contributed by atoms with E-state index in [2.05, 4.69) is 35.2 Å². The summed E-state index contributed by atoms with van der Waals surface area (Å²) in [6.07, 6.45) is 5.17. The van der Waals surface area contributed by atoms with Gasteiger partial charge in [0.25, 0.3) is 5.91 Å². The van der Waals surface area contributed by atoms with E-state index >= 15 is 0 Å². The van der Waals surface area contributed by atoms with Crippen LogP contribution in [0.1, 0.15) is 44.7 Å². The summed E-state index contributed by atoms with van der Waals surface area (Å²) in [5.41, 5.74) is 4.31. The Labute approximate surface area is 205 Å². The fraction of sp³-hybridized carbons (Fsp3) is 0.267. The number of carbonyl (C=O) groups is 2. The lowest BCUT2D eigenvalue weighted by molar-refractivity contribution is 0.0603. The number of carbonyl (C=O) groups excluding carboxylic acids is 2. The first-order valence-electron chi connectivity index (χ1n) is 12.2. The Morgan fingerprint density at radius 1 is 0.857 bits per heavy atom. The molecule has 0 amide bonds. The second-order valence-electron chi connectivity index (χ2n) is 9.33. The number of hydrogen-bond donors (Lipinski definition) is 0. The highest BCUT2D eigenvalue weighted by molar-refractivity contribution is 6.09. The predicted octanol–water partition coefficient (Wildman–Crippen LogP) is 5.57. The zero-order valence-electron chi connectivity index (χ0n) is 20.0. The van der Waals surface area contributed by atoms with Gasteiger partial charge in [0.05, 0.1) is 18.2 Å². The van der Waals surface area contributed by atoms with E-state index in [0.29, 0.717) is 22.0 Å². The molecule has 1 aromatic heterocycles. The van der Waals surface area contributed by atoms with Crippen molar-refractivity contribution in [1.82, 2.24) is 9.47 Å². The highest BCUT2D eigenvalue weighted by Crippen LogP contribution is 2.25. The summed E-state index contributed by atoms with van der Waals surface area (Å²) in [4.78, 5) is 28.0. The summed E-state index contributed by atoms with van der Waals surface area (Å²) in [6.45, 7) is 3.10. The molecule has 3 aromatic carbocycles. The maximum absolute atomic E-state index is 13.3. The molecule has 1 fully saturated rings. The molecule has 4 aromatic rings. The van der Waals surface area contributed by atoms with Crippen LogP contribution in [-0.2, 0) is 17.7 Å². The zero-order chi connectivity index (χ0) is 24.2. The molecule has 0 saturated carbocycles. The first-order valence-corrected chi connectivity index (χ1v) is 12.2. The Morgan fingerprint density at radius 2 is 1.54 bits per heavy atom. The number of nitrogens with zero attached hydrogens (tertiary/aromatic N) is 2. The molecule has 5 heteroatoms. The minimum Gasteiger partial charge on any atom is -0.465 e. The van der Waals surface area contributed by atoms with E-state index in [1.54, 1.807) is 6.20 Å². The number of aromatic nitrogens is 1. The maximum atomic E-state index is 13.3. The van der Waals surface area contributed by atoms with Crippen LogP contribution in [-0.4, -0.2) is 41.5 Å². The van der Waals surface area contributed by atoms with Crippen LogP contribution in [0.3, 0.4) is 0 Å². The van der Waals surface area contributed by atoms with Crippen LogP contribution in [0, 0.1) is 5.92 Å². The lowest BCUT2D eigenvalue weighted by Crippen LogP contribution is -2.33. The molecule has 0 radical (unpaired) electrons. The van der Waals surface area contributed by atoms with Gasteiger partial charge in [0.2, 0.25) is 0 Å². The molecule has 0 N–H and O–H groups in total. The van der Waals surface area contributed by atoms with E-state index in [1.165, 1.54) is 35.6 Å². The quantitative estimate of drug-likeness (QED) is 0.349. The summed E-state index contributed by atoms with van der Waals surface area (Å²) >= 11 is 0. The number of piperidine rings is 1. The van der Waals surface area contributed by atoms with Crippen LogP contribution in [0.5, 0.6) is 0 Å². The lowest BCUT2D eigenvalue weighted by Gasteiger charge is -2.32. The lowest BCUT2D eigenvalue weighted by atomic mass is 9.90. The van der Waals surface area contributed by atoms with Gasteiger partial charge >= 0.3 is 5.97 Å². The van der Waals surface area contributed by atoms with Gasteiger partial charge in [-0.15, -0.1) is 0 Å². The van der Waals surface area contributed by atoms with Gasteiger partial charge < -0.3 is 4.74 Å². The number of ether oxygens (including phenoxy) is 1. The molecule has 1 aliphatic rings. The van der Waals surface area contributed by atoms with E-state index in [-0.39, 0.29) is 5.91 Å². The first-order chi connectivity index (χ1) is 17.1. The Kier molecular flexibility index (Phi) is 6.77. The molecule has 0 bridgehead atoms. The third kappa shape index (κ3) is 5.05.